The van der Waals surface area contributed by atoms with Crippen molar-refractivity contribution < 1.29 is 19.5 Å². The number of hydrogen-bond donors (Lipinski definition) is 3. The van der Waals surface area contributed by atoms with Gasteiger partial charge in [-0.3, -0.25) is 14.4 Å². The largest absolute Gasteiger partial charge is 0.481 e. The number of rotatable bonds is 6. The molecule has 0 saturated heterocycles. The van der Waals surface area contributed by atoms with E-state index >= 15 is 0 Å². The van der Waals surface area contributed by atoms with E-state index in [1.807, 2.05) is 20.8 Å². The zero-order valence-electron chi connectivity index (χ0n) is 13.6. The minimum absolute atomic E-state index is 0.164. The van der Waals surface area contributed by atoms with Crippen LogP contribution >= 0.6 is 0 Å². The molecule has 3 N–H and O–H groups in total. The molecule has 0 bridgehead atoms. The van der Waals surface area contributed by atoms with Gasteiger partial charge in [0.05, 0.1) is 11.8 Å². The van der Waals surface area contributed by atoms with Crippen molar-refractivity contribution in [2.45, 2.75) is 39.2 Å². The summed E-state index contributed by atoms with van der Waals surface area (Å²) < 4.78 is 0. The summed E-state index contributed by atoms with van der Waals surface area (Å²) in [7, 11) is 0. The Morgan fingerprint density at radius 3 is 2.26 bits per heavy atom. The maximum Gasteiger partial charge on any atom is 0.307 e. The number of carbonyl (C=O) groups is 3. The number of carboxylic acid groups (broad SMARTS) is 1. The molecule has 1 aromatic rings. The number of carbonyl (C=O) groups excluding carboxylic acids is 2. The number of benzene rings is 1. The van der Waals surface area contributed by atoms with E-state index in [0.717, 1.165) is 6.42 Å². The molecule has 0 heterocycles. The third-order valence-electron chi connectivity index (χ3n) is 4.19. The molecule has 6 heteroatoms. The van der Waals surface area contributed by atoms with Gasteiger partial charge in [0.1, 0.15) is 0 Å². The SMILES string of the molecule is CCC(C)(C)NC(=O)c1ccc(NC(=O)C2CC2C(=O)O)cc1. The third kappa shape index (κ3) is 4.31. The highest BCUT2D eigenvalue weighted by Crippen LogP contribution is 2.39. The Hall–Kier alpha value is -2.37. The standard InChI is InChI=1S/C17H22N2O4/c1-4-17(2,3)19-14(20)10-5-7-11(8-6-10)18-15(21)12-9-13(12)16(22)23/h5-8,12-13H,4,9H2,1-3H3,(H,18,21)(H,19,20)(H,22,23). The fraction of sp³-hybridized carbons (Fsp3) is 0.471. The lowest BCUT2D eigenvalue weighted by molar-refractivity contribution is -0.139. The Morgan fingerprint density at radius 2 is 1.78 bits per heavy atom. The number of hydrogen-bond acceptors (Lipinski definition) is 3. The molecule has 2 unspecified atom stereocenters. The van der Waals surface area contributed by atoms with Crippen LogP contribution < -0.4 is 10.6 Å². The van der Waals surface area contributed by atoms with E-state index in [2.05, 4.69) is 10.6 Å². The number of amides is 2. The zero-order valence-corrected chi connectivity index (χ0v) is 13.6. The molecule has 0 aliphatic heterocycles. The first-order chi connectivity index (χ1) is 10.7. The number of anilines is 1. The van der Waals surface area contributed by atoms with E-state index in [1.165, 1.54) is 0 Å². The summed E-state index contributed by atoms with van der Waals surface area (Å²) in [5.74, 6) is -2.42. The van der Waals surface area contributed by atoms with Crippen molar-refractivity contribution in [3.05, 3.63) is 29.8 Å². The van der Waals surface area contributed by atoms with Crippen molar-refractivity contribution in [3.63, 3.8) is 0 Å². The predicted molar refractivity (Wildman–Crippen MR) is 86.1 cm³/mol. The normalized spacial score (nSPS) is 19.8. The second kappa shape index (κ2) is 6.40. The number of aliphatic carboxylic acids is 1. The minimum atomic E-state index is -0.935. The van der Waals surface area contributed by atoms with Gasteiger partial charge in [-0.15, -0.1) is 0 Å². The second-order valence-electron chi connectivity index (χ2n) is 6.55. The summed E-state index contributed by atoms with van der Waals surface area (Å²) in [6, 6.07) is 6.56. The summed E-state index contributed by atoms with van der Waals surface area (Å²) >= 11 is 0. The van der Waals surface area contributed by atoms with Crippen molar-refractivity contribution in [2.75, 3.05) is 5.32 Å². The summed E-state index contributed by atoms with van der Waals surface area (Å²) in [4.78, 5) is 34.8. The molecule has 1 aliphatic carbocycles. The topological polar surface area (TPSA) is 95.5 Å². The molecular formula is C17H22N2O4. The predicted octanol–water partition coefficient (Wildman–Crippen LogP) is 2.26. The van der Waals surface area contributed by atoms with Gasteiger partial charge in [0.2, 0.25) is 5.91 Å². The van der Waals surface area contributed by atoms with Gasteiger partial charge in [0, 0.05) is 16.8 Å². The summed E-state index contributed by atoms with van der Waals surface area (Å²) in [6.45, 7) is 5.91. The maximum absolute atomic E-state index is 12.1. The van der Waals surface area contributed by atoms with Gasteiger partial charge in [-0.1, -0.05) is 6.92 Å². The van der Waals surface area contributed by atoms with Crippen LogP contribution in [0.1, 0.15) is 44.0 Å². The molecule has 1 aliphatic rings. The highest BCUT2D eigenvalue weighted by molar-refractivity contribution is 5.99. The Bertz CT molecular complexity index is 622. The van der Waals surface area contributed by atoms with Crippen LogP contribution in [-0.4, -0.2) is 28.4 Å². The second-order valence-corrected chi connectivity index (χ2v) is 6.55. The van der Waals surface area contributed by atoms with E-state index in [1.54, 1.807) is 24.3 Å². The average molecular weight is 318 g/mol. The monoisotopic (exact) mass is 318 g/mol. The molecule has 2 rings (SSSR count). The van der Waals surface area contributed by atoms with Crippen molar-refractivity contribution in [1.29, 1.82) is 0 Å². The molecular weight excluding hydrogens is 296 g/mol. The first-order valence-electron chi connectivity index (χ1n) is 7.70. The molecule has 2 amide bonds. The minimum Gasteiger partial charge on any atom is -0.481 e. The van der Waals surface area contributed by atoms with Gasteiger partial charge in [-0.2, -0.15) is 0 Å². The van der Waals surface area contributed by atoms with E-state index in [0.29, 0.717) is 17.7 Å². The molecule has 0 spiro atoms. The maximum atomic E-state index is 12.1. The van der Waals surface area contributed by atoms with Crippen molar-refractivity contribution in [2.24, 2.45) is 11.8 Å². The van der Waals surface area contributed by atoms with Gasteiger partial charge < -0.3 is 15.7 Å². The molecule has 124 valence electrons. The molecule has 1 fully saturated rings. The van der Waals surface area contributed by atoms with Crippen LogP contribution in [0.4, 0.5) is 5.69 Å². The van der Waals surface area contributed by atoms with Gasteiger partial charge in [-0.25, -0.2) is 0 Å². The Morgan fingerprint density at radius 1 is 1.17 bits per heavy atom. The third-order valence-corrected chi connectivity index (χ3v) is 4.19. The van der Waals surface area contributed by atoms with Crippen LogP contribution in [0.25, 0.3) is 0 Å². The molecule has 1 aromatic carbocycles. The van der Waals surface area contributed by atoms with E-state index < -0.39 is 17.8 Å². The number of nitrogens with one attached hydrogen (secondary N) is 2. The van der Waals surface area contributed by atoms with Crippen LogP contribution in [0.2, 0.25) is 0 Å². The van der Waals surface area contributed by atoms with Crippen molar-refractivity contribution >= 4 is 23.5 Å². The Balaban J connectivity index is 1.93. The molecule has 23 heavy (non-hydrogen) atoms. The highest BCUT2D eigenvalue weighted by Gasteiger charge is 2.48. The molecule has 1 saturated carbocycles. The van der Waals surface area contributed by atoms with E-state index in [4.69, 9.17) is 5.11 Å². The molecule has 0 radical (unpaired) electrons. The molecule has 2 atom stereocenters. The smallest absolute Gasteiger partial charge is 0.307 e. The first kappa shape index (κ1) is 17.0. The summed E-state index contributed by atoms with van der Waals surface area (Å²) in [5, 5.41) is 14.4. The Labute approximate surface area is 135 Å². The zero-order chi connectivity index (χ0) is 17.2. The molecule has 0 aromatic heterocycles. The highest BCUT2D eigenvalue weighted by atomic mass is 16.4. The average Bonchev–Trinajstić information content (AvgIpc) is 3.28. The first-order valence-corrected chi connectivity index (χ1v) is 7.70. The van der Waals surface area contributed by atoms with Crippen LogP contribution in [-0.2, 0) is 9.59 Å². The van der Waals surface area contributed by atoms with E-state index in [9.17, 15) is 14.4 Å². The van der Waals surface area contributed by atoms with Gasteiger partial charge in [-0.05, 0) is 51.0 Å². The van der Waals surface area contributed by atoms with Crippen LogP contribution in [0.15, 0.2) is 24.3 Å². The van der Waals surface area contributed by atoms with Crippen LogP contribution in [0, 0.1) is 11.8 Å². The lowest BCUT2D eigenvalue weighted by Gasteiger charge is -2.24. The van der Waals surface area contributed by atoms with Gasteiger partial charge in [0.25, 0.3) is 5.91 Å². The molecule has 6 nitrogen and oxygen atoms in total. The Kier molecular flexibility index (Phi) is 4.73. The summed E-state index contributed by atoms with van der Waals surface area (Å²) in [6.07, 6.45) is 1.20. The van der Waals surface area contributed by atoms with Crippen molar-refractivity contribution in [3.8, 4) is 0 Å². The quantitative estimate of drug-likeness (QED) is 0.749. The fourth-order valence-corrected chi connectivity index (χ4v) is 2.17. The van der Waals surface area contributed by atoms with Crippen molar-refractivity contribution in [1.82, 2.24) is 5.32 Å². The number of carboxylic acids is 1. The van der Waals surface area contributed by atoms with Crippen LogP contribution in [0.3, 0.4) is 0 Å². The van der Waals surface area contributed by atoms with E-state index in [-0.39, 0.29) is 17.4 Å². The summed E-state index contributed by atoms with van der Waals surface area (Å²) in [5.41, 5.74) is 0.790. The van der Waals surface area contributed by atoms with Crippen LogP contribution in [0.5, 0.6) is 0 Å². The van der Waals surface area contributed by atoms with Gasteiger partial charge in [0.15, 0.2) is 0 Å². The lowest BCUT2D eigenvalue weighted by atomic mass is 10.0. The van der Waals surface area contributed by atoms with Gasteiger partial charge >= 0.3 is 5.97 Å². The lowest BCUT2D eigenvalue weighted by Crippen LogP contribution is -2.42. The fourth-order valence-electron chi connectivity index (χ4n) is 2.17.